The van der Waals surface area contributed by atoms with Crippen LogP contribution in [-0.2, 0) is 4.74 Å². The van der Waals surface area contributed by atoms with Crippen molar-refractivity contribution in [2.24, 2.45) is 0 Å². The molecule has 0 bridgehead atoms. The number of methoxy groups -OCH3 is 1. The van der Waals surface area contributed by atoms with Crippen molar-refractivity contribution in [1.29, 1.82) is 0 Å². The quantitative estimate of drug-likeness (QED) is 0.488. The van der Waals surface area contributed by atoms with Crippen LogP contribution in [0, 0.1) is 15.9 Å². The molecule has 8 heteroatoms. The predicted molar refractivity (Wildman–Crippen MR) is 72.8 cm³/mol. The molecule has 0 aliphatic carbocycles. The van der Waals surface area contributed by atoms with Gasteiger partial charge in [0.2, 0.25) is 0 Å². The molecule has 0 atom stereocenters. The van der Waals surface area contributed by atoms with E-state index in [1.54, 1.807) is 12.1 Å². The van der Waals surface area contributed by atoms with E-state index in [1.165, 1.54) is 11.3 Å². The Kier molecular flexibility index (Phi) is 4.35. The Balaban J connectivity index is 2.51. The molecule has 0 amide bonds. The monoisotopic (exact) mass is 313 g/mol. The molecular weight excluding hydrogens is 305 g/mol. The van der Waals surface area contributed by atoms with Gasteiger partial charge in [-0.2, -0.15) is 0 Å². The van der Waals surface area contributed by atoms with Gasteiger partial charge in [0.05, 0.1) is 32.8 Å². The van der Waals surface area contributed by atoms with Crippen LogP contribution in [0.5, 0.6) is 0 Å². The fourth-order valence-electron chi connectivity index (χ4n) is 1.46. The molecule has 0 N–H and O–H groups in total. The van der Waals surface area contributed by atoms with E-state index in [0.717, 1.165) is 35.2 Å². The highest BCUT2D eigenvalue weighted by Gasteiger charge is 2.23. The van der Waals surface area contributed by atoms with E-state index in [9.17, 15) is 19.3 Å². The highest BCUT2D eigenvalue weighted by atomic mass is 32.2. The number of nitrogens with zero attached hydrogens (tertiary/aromatic N) is 1. The van der Waals surface area contributed by atoms with Crippen LogP contribution >= 0.6 is 23.1 Å². The molecule has 0 saturated carbocycles. The lowest BCUT2D eigenvalue weighted by Gasteiger charge is -2.05. The minimum Gasteiger partial charge on any atom is -0.465 e. The number of carbonyl (C=O) groups is 1. The number of hydrogen-bond acceptors (Lipinski definition) is 6. The molecule has 0 fully saturated rings. The summed E-state index contributed by atoms with van der Waals surface area (Å²) in [4.78, 5) is 21.9. The van der Waals surface area contributed by atoms with E-state index in [2.05, 4.69) is 4.74 Å². The summed E-state index contributed by atoms with van der Waals surface area (Å²) in [5.74, 6) is -1.84. The number of halogens is 1. The lowest BCUT2D eigenvalue weighted by molar-refractivity contribution is -0.387. The number of nitro groups is 1. The van der Waals surface area contributed by atoms with E-state index < -0.39 is 16.7 Å². The van der Waals surface area contributed by atoms with E-state index in [4.69, 9.17) is 0 Å². The fourth-order valence-corrected chi connectivity index (χ4v) is 3.32. The second-order valence-corrected chi connectivity index (χ2v) is 5.87. The SMILES string of the molecule is COC(=O)c1cc(Sc2cccs2)c([N+](=O)[O-])cc1F. The summed E-state index contributed by atoms with van der Waals surface area (Å²) in [7, 11) is 1.12. The van der Waals surface area contributed by atoms with Crippen molar-refractivity contribution in [1.82, 2.24) is 0 Å². The molecule has 0 aliphatic rings. The van der Waals surface area contributed by atoms with E-state index in [0.29, 0.717) is 0 Å². The first-order chi connectivity index (χ1) is 9.52. The maximum atomic E-state index is 13.7. The van der Waals surface area contributed by atoms with E-state index in [1.807, 2.05) is 5.38 Å². The highest BCUT2D eigenvalue weighted by Crippen LogP contribution is 2.38. The summed E-state index contributed by atoms with van der Waals surface area (Å²) in [6, 6.07) is 5.45. The largest absolute Gasteiger partial charge is 0.465 e. The number of carbonyl (C=O) groups excluding carboxylic acids is 1. The van der Waals surface area contributed by atoms with Gasteiger partial charge in [0.1, 0.15) is 5.82 Å². The molecule has 5 nitrogen and oxygen atoms in total. The van der Waals surface area contributed by atoms with Crippen LogP contribution in [0.4, 0.5) is 10.1 Å². The van der Waals surface area contributed by atoms with Gasteiger partial charge in [0.15, 0.2) is 0 Å². The topological polar surface area (TPSA) is 69.4 Å². The van der Waals surface area contributed by atoms with Crippen molar-refractivity contribution in [2.45, 2.75) is 9.10 Å². The fraction of sp³-hybridized carbons (Fsp3) is 0.0833. The van der Waals surface area contributed by atoms with Crippen LogP contribution < -0.4 is 0 Å². The molecular formula is C12H8FNO4S2. The van der Waals surface area contributed by atoms with Gasteiger partial charge in [0.25, 0.3) is 5.69 Å². The second kappa shape index (κ2) is 6.02. The van der Waals surface area contributed by atoms with Crippen molar-refractivity contribution in [3.63, 3.8) is 0 Å². The zero-order chi connectivity index (χ0) is 14.7. The third-order valence-electron chi connectivity index (χ3n) is 2.36. The summed E-state index contributed by atoms with van der Waals surface area (Å²) >= 11 is 2.50. The molecule has 0 radical (unpaired) electrons. The van der Waals surface area contributed by atoms with Crippen LogP contribution in [0.25, 0.3) is 0 Å². The zero-order valence-electron chi connectivity index (χ0n) is 10.2. The lowest BCUT2D eigenvalue weighted by Crippen LogP contribution is -2.06. The van der Waals surface area contributed by atoms with Gasteiger partial charge in [-0.05, 0) is 17.5 Å². The Bertz CT molecular complexity index is 658. The van der Waals surface area contributed by atoms with E-state index in [-0.39, 0.29) is 16.1 Å². The Labute approximate surface area is 121 Å². The Morgan fingerprint density at radius 2 is 2.25 bits per heavy atom. The summed E-state index contributed by atoms with van der Waals surface area (Å²) in [5.41, 5.74) is -0.703. The van der Waals surface area contributed by atoms with Crippen LogP contribution in [-0.4, -0.2) is 18.0 Å². The molecule has 1 aromatic carbocycles. The molecule has 1 aromatic heterocycles. The summed E-state index contributed by atoms with van der Waals surface area (Å²) in [6.45, 7) is 0. The second-order valence-electron chi connectivity index (χ2n) is 3.58. The number of rotatable bonds is 4. The van der Waals surface area contributed by atoms with Crippen LogP contribution in [0.1, 0.15) is 10.4 Å². The minimum absolute atomic E-state index is 0.194. The summed E-state index contributed by atoms with van der Waals surface area (Å²) in [5, 5.41) is 12.8. The number of hydrogen-bond donors (Lipinski definition) is 0. The van der Waals surface area contributed by atoms with Crippen molar-refractivity contribution in [2.75, 3.05) is 7.11 Å². The first-order valence-electron chi connectivity index (χ1n) is 5.30. The van der Waals surface area contributed by atoms with E-state index >= 15 is 0 Å². The maximum absolute atomic E-state index is 13.7. The van der Waals surface area contributed by atoms with Crippen LogP contribution in [0.15, 0.2) is 38.8 Å². The number of benzene rings is 1. The number of esters is 1. The molecule has 0 saturated heterocycles. The number of nitro benzene ring substituents is 1. The van der Waals surface area contributed by atoms with Gasteiger partial charge in [-0.25, -0.2) is 9.18 Å². The van der Waals surface area contributed by atoms with Gasteiger partial charge < -0.3 is 4.74 Å². The zero-order valence-corrected chi connectivity index (χ0v) is 11.8. The molecule has 0 spiro atoms. The average Bonchev–Trinajstić information content (AvgIpc) is 2.92. The number of thiophene rings is 1. The third kappa shape index (κ3) is 2.97. The normalized spacial score (nSPS) is 10.3. The first-order valence-corrected chi connectivity index (χ1v) is 7.00. The molecule has 104 valence electrons. The predicted octanol–water partition coefficient (Wildman–Crippen LogP) is 3.73. The first kappa shape index (κ1) is 14.5. The average molecular weight is 313 g/mol. The summed E-state index contributed by atoms with van der Waals surface area (Å²) < 4.78 is 18.9. The molecule has 0 aliphatic heterocycles. The highest BCUT2D eigenvalue weighted by molar-refractivity contribution is 8.01. The molecule has 2 rings (SSSR count). The smallest absolute Gasteiger partial charge is 0.340 e. The lowest BCUT2D eigenvalue weighted by atomic mass is 10.2. The Morgan fingerprint density at radius 3 is 2.80 bits per heavy atom. The van der Waals surface area contributed by atoms with Gasteiger partial charge in [-0.1, -0.05) is 17.8 Å². The van der Waals surface area contributed by atoms with Crippen LogP contribution in [0.3, 0.4) is 0 Å². The van der Waals surface area contributed by atoms with Crippen molar-refractivity contribution in [3.05, 3.63) is 51.1 Å². The third-order valence-corrected chi connectivity index (χ3v) is 4.44. The molecule has 0 unspecified atom stereocenters. The Morgan fingerprint density at radius 1 is 1.50 bits per heavy atom. The summed E-state index contributed by atoms with van der Waals surface area (Å²) in [6.07, 6.45) is 0. The van der Waals surface area contributed by atoms with Crippen molar-refractivity contribution >= 4 is 34.8 Å². The Hall–Kier alpha value is -1.93. The van der Waals surface area contributed by atoms with Gasteiger partial charge in [0, 0.05) is 0 Å². The van der Waals surface area contributed by atoms with Gasteiger partial charge in [-0.3, -0.25) is 10.1 Å². The molecule has 1 heterocycles. The van der Waals surface area contributed by atoms with Gasteiger partial charge >= 0.3 is 5.97 Å². The van der Waals surface area contributed by atoms with Crippen molar-refractivity contribution < 1.29 is 18.8 Å². The van der Waals surface area contributed by atoms with Gasteiger partial charge in [-0.15, -0.1) is 11.3 Å². The standard InChI is InChI=1S/C12H8FNO4S2/c1-18-12(15)7-5-10(20-11-3-2-4-19-11)9(14(16)17)6-8(7)13/h2-6H,1H3. The minimum atomic E-state index is -0.973. The van der Waals surface area contributed by atoms with Crippen molar-refractivity contribution in [3.8, 4) is 0 Å². The molecule has 20 heavy (non-hydrogen) atoms. The molecule has 2 aromatic rings. The van der Waals surface area contributed by atoms with Crippen LogP contribution in [0.2, 0.25) is 0 Å². The maximum Gasteiger partial charge on any atom is 0.340 e. The number of ether oxygens (including phenoxy) is 1.